The molecule has 1 saturated carbocycles. The van der Waals surface area contributed by atoms with E-state index >= 15 is 0 Å². The summed E-state index contributed by atoms with van der Waals surface area (Å²) in [6.07, 6.45) is 10.8. The van der Waals surface area contributed by atoms with Crippen LogP contribution in [0.4, 0.5) is 0 Å². The van der Waals surface area contributed by atoms with E-state index in [1.54, 1.807) is 16.8 Å². The van der Waals surface area contributed by atoms with Crippen LogP contribution in [-0.4, -0.2) is 16.5 Å². The molecule has 2 aromatic heterocycles. The number of rotatable bonds is 2. The third kappa shape index (κ3) is 3.15. The lowest BCUT2D eigenvalue weighted by molar-refractivity contribution is 0.0953. The highest BCUT2D eigenvalue weighted by Gasteiger charge is 2.14. The molecule has 1 aliphatic carbocycles. The molecule has 0 saturated heterocycles. The van der Waals surface area contributed by atoms with Crippen molar-refractivity contribution in [3.8, 4) is 0 Å². The van der Waals surface area contributed by atoms with Crippen LogP contribution in [0.3, 0.4) is 0 Å². The van der Waals surface area contributed by atoms with Crippen LogP contribution in [0.5, 0.6) is 0 Å². The molecule has 0 spiro atoms. The van der Waals surface area contributed by atoms with E-state index in [1.165, 1.54) is 31.8 Å². The molecule has 4 nitrogen and oxygen atoms in total. The van der Waals surface area contributed by atoms with Crippen LogP contribution >= 0.6 is 0 Å². The van der Waals surface area contributed by atoms with Crippen molar-refractivity contribution in [2.45, 2.75) is 45.1 Å². The highest BCUT2D eigenvalue weighted by atomic mass is 16.3. The fourth-order valence-electron chi connectivity index (χ4n) is 2.78. The monoisotopic (exact) mass is 284 g/mol. The molecule has 1 aliphatic rings. The minimum atomic E-state index is -0.0988. The second kappa shape index (κ2) is 6.12. The molecule has 0 atom stereocenters. The Bertz CT molecular complexity index is 677. The Morgan fingerprint density at radius 2 is 2.10 bits per heavy atom. The number of hydrogen-bond acceptors (Lipinski definition) is 3. The number of carbonyl (C=O) groups is 1. The average molecular weight is 284 g/mol. The Kier molecular flexibility index (Phi) is 4.04. The first-order valence-corrected chi connectivity index (χ1v) is 7.54. The van der Waals surface area contributed by atoms with Gasteiger partial charge in [-0.25, -0.2) is 0 Å². The summed E-state index contributed by atoms with van der Waals surface area (Å²) in [6.45, 7) is 2.02. The van der Waals surface area contributed by atoms with Gasteiger partial charge in [-0.3, -0.25) is 14.4 Å². The maximum absolute atomic E-state index is 12.5. The molecular formula is C17H20N2O2. The van der Waals surface area contributed by atoms with Crippen molar-refractivity contribution in [1.29, 1.82) is 0 Å². The molecule has 0 unspecified atom stereocenters. The van der Waals surface area contributed by atoms with E-state index in [4.69, 9.17) is 9.41 Å². The first kappa shape index (κ1) is 13.9. The maximum atomic E-state index is 12.5. The number of furan rings is 1. The molecule has 110 valence electrons. The molecule has 2 heterocycles. The third-order valence-electron chi connectivity index (χ3n) is 3.97. The molecular weight excluding hydrogens is 264 g/mol. The zero-order valence-corrected chi connectivity index (χ0v) is 12.3. The molecule has 0 N–H and O–H groups in total. The van der Waals surface area contributed by atoms with Crippen molar-refractivity contribution in [1.82, 2.24) is 4.57 Å². The highest BCUT2D eigenvalue weighted by molar-refractivity contribution is 5.95. The van der Waals surface area contributed by atoms with Gasteiger partial charge in [0.05, 0.1) is 17.9 Å². The number of hydrogen-bond donors (Lipinski definition) is 0. The van der Waals surface area contributed by atoms with Crippen molar-refractivity contribution in [3.05, 3.63) is 53.5 Å². The van der Waals surface area contributed by atoms with Gasteiger partial charge in [-0.15, -0.1) is 0 Å². The van der Waals surface area contributed by atoms with E-state index in [9.17, 15) is 4.79 Å². The first-order valence-electron chi connectivity index (χ1n) is 7.54. The molecule has 1 fully saturated rings. The molecule has 0 radical (unpaired) electrons. The van der Waals surface area contributed by atoms with E-state index < -0.39 is 0 Å². The van der Waals surface area contributed by atoms with Crippen LogP contribution in [0.15, 0.2) is 46.3 Å². The van der Waals surface area contributed by atoms with Crippen molar-refractivity contribution >= 4 is 5.91 Å². The number of pyridine rings is 1. The first-order chi connectivity index (χ1) is 10.2. The van der Waals surface area contributed by atoms with Crippen LogP contribution in [0.25, 0.3) is 0 Å². The Morgan fingerprint density at radius 1 is 1.29 bits per heavy atom. The number of carbonyl (C=O) groups excluding carboxylic acids is 1. The maximum Gasteiger partial charge on any atom is 0.266 e. The fourth-order valence-corrected chi connectivity index (χ4v) is 2.78. The molecule has 4 heteroatoms. The predicted molar refractivity (Wildman–Crippen MR) is 80.0 cm³/mol. The zero-order valence-electron chi connectivity index (χ0n) is 12.3. The molecule has 0 amide bonds. The molecule has 0 aromatic carbocycles. The minimum absolute atomic E-state index is 0.0988. The fraction of sp³-hybridized carbons (Fsp3) is 0.412. The quantitative estimate of drug-likeness (QED) is 0.849. The van der Waals surface area contributed by atoms with Crippen LogP contribution < -0.4 is 5.49 Å². The number of aromatic nitrogens is 1. The summed E-state index contributed by atoms with van der Waals surface area (Å²) in [6, 6.07) is 5.92. The standard InChI is InChI=1S/C17H20N2O2/c1-13-7-9-19(17(20)14-8-10-21-12-14)16(11-13)18-15-5-3-2-4-6-15/h7-12,15H,2-6H2,1H3. The zero-order chi connectivity index (χ0) is 14.7. The third-order valence-corrected chi connectivity index (χ3v) is 3.97. The van der Waals surface area contributed by atoms with E-state index in [0.29, 0.717) is 11.6 Å². The summed E-state index contributed by atoms with van der Waals surface area (Å²) < 4.78 is 6.62. The molecule has 0 bridgehead atoms. The minimum Gasteiger partial charge on any atom is -0.472 e. The Hall–Kier alpha value is -2.10. The van der Waals surface area contributed by atoms with Gasteiger partial charge in [0.15, 0.2) is 0 Å². The molecule has 2 aromatic rings. The van der Waals surface area contributed by atoms with Gasteiger partial charge < -0.3 is 4.42 Å². The Balaban J connectivity index is 2.00. The number of aryl methyl sites for hydroxylation is 1. The predicted octanol–water partition coefficient (Wildman–Crippen LogP) is 3.31. The van der Waals surface area contributed by atoms with Crippen molar-refractivity contribution in [2.75, 3.05) is 0 Å². The van der Waals surface area contributed by atoms with Crippen LogP contribution in [0.1, 0.15) is 48.0 Å². The van der Waals surface area contributed by atoms with Gasteiger partial charge in [0, 0.05) is 6.20 Å². The Labute approximate surface area is 124 Å². The summed E-state index contributed by atoms with van der Waals surface area (Å²) in [5.74, 6) is -0.0988. The van der Waals surface area contributed by atoms with Crippen LogP contribution in [-0.2, 0) is 0 Å². The van der Waals surface area contributed by atoms with Crippen molar-refractivity contribution in [3.63, 3.8) is 0 Å². The summed E-state index contributed by atoms with van der Waals surface area (Å²) in [5, 5.41) is 0. The smallest absolute Gasteiger partial charge is 0.266 e. The van der Waals surface area contributed by atoms with Crippen LogP contribution in [0.2, 0.25) is 0 Å². The SMILES string of the molecule is Cc1ccn(C(=O)c2ccoc2)c(=NC2CCCCC2)c1. The van der Waals surface area contributed by atoms with Gasteiger partial charge in [0.1, 0.15) is 11.8 Å². The van der Waals surface area contributed by atoms with Gasteiger partial charge in [-0.05, 0) is 43.5 Å². The van der Waals surface area contributed by atoms with Crippen LogP contribution in [0, 0.1) is 6.92 Å². The molecule has 21 heavy (non-hydrogen) atoms. The summed E-state index contributed by atoms with van der Waals surface area (Å²) in [7, 11) is 0. The lowest BCUT2D eigenvalue weighted by Crippen LogP contribution is -2.29. The Morgan fingerprint density at radius 3 is 2.81 bits per heavy atom. The summed E-state index contributed by atoms with van der Waals surface area (Å²) in [4.78, 5) is 17.3. The lowest BCUT2D eigenvalue weighted by Gasteiger charge is -2.18. The molecule has 3 rings (SSSR count). The van der Waals surface area contributed by atoms with Crippen molar-refractivity contribution in [2.24, 2.45) is 4.99 Å². The van der Waals surface area contributed by atoms with Gasteiger partial charge in [0.2, 0.25) is 0 Å². The van der Waals surface area contributed by atoms with Gasteiger partial charge in [0.25, 0.3) is 5.91 Å². The van der Waals surface area contributed by atoms with Gasteiger partial charge in [-0.2, -0.15) is 0 Å². The second-order valence-electron chi connectivity index (χ2n) is 5.67. The number of nitrogens with zero attached hydrogens (tertiary/aromatic N) is 2. The summed E-state index contributed by atoms with van der Waals surface area (Å²) >= 11 is 0. The van der Waals surface area contributed by atoms with E-state index in [1.807, 2.05) is 19.1 Å². The normalized spacial score (nSPS) is 17.1. The summed E-state index contributed by atoms with van der Waals surface area (Å²) in [5.41, 5.74) is 2.40. The van der Waals surface area contributed by atoms with Gasteiger partial charge in [-0.1, -0.05) is 19.3 Å². The van der Waals surface area contributed by atoms with E-state index in [-0.39, 0.29) is 5.91 Å². The second-order valence-corrected chi connectivity index (χ2v) is 5.67. The van der Waals surface area contributed by atoms with E-state index in [2.05, 4.69) is 0 Å². The van der Waals surface area contributed by atoms with E-state index in [0.717, 1.165) is 23.9 Å². The van der Waals surface area contributed by atoms with Gasteiger partial charge >= 0.3 is 0 Å². The molecule has 0 aliphatic heterocycles. The lowest BCUT2D eigenvalue weighted by atomic mass is 9.96. The highest BCUT2D eigenvalue weighted by Crippen LogP contribution is 2.19. The van der Waals surface area contributed by atoms with Crippen molar-refractivity contribution < 1.29 is 9.21 Å². The average Bonchev–Trinajstić information content (AvgIpc) is 3.02. The topological polar surface area (TPSA) is 47.5 Å². The largest absolute Gasteiger partial charge is 0.472 e.